The van der Waals surface area contributed by atoms with Crippen LogP contribution in [0.2, 0.25) is 0 Å². The minimum atomic E-state index is 0.222. The van der Waals surface area contributed by atoms with E-state index in [9.17, 15) is 0 Å². The van der Waals surface area contributed by atoms with Crippen molar-refractivity contribution in [3.63, 3.8) is 0 Å². The fraction of sp³-hybridized carbons (Fsp3) is 0.571. The molecule has 2 N–H and O–H groups in total. The number of fused-ring (bicyclic) bond motifs is 3. The maximum absolute atomic E-state index is 6.06. The quantitative estimate of drug-likeness (QED) is 0.308. The molecule has 6 rings (SSSR count). The van der Waals surface area contributed by atoms with E-state index in [0.717, 1.165) is 29.3 Å². The number of allylic oxidation sites excluding steroid dienone is 2. The molecule has 0 radical (unpaired) electrons. The Morgan fingerprint density at radius 1 is 1.02 bits per heavy atom. The van der Waals surface area contributed by atoms with Crippen LogP contribution in [0.25, 0.3) is 5.57 Å². The molecule has 4 fully saturated rings. The van der Waals surface area contributed by atoms with Gasteiger partial charge >= 0.3 is 0 Å². The Morgan fingerprint density at radius 2 is 1.73 bits per heavy atom. The van der Waals surface area contributed by atoms with Crippen molar-refractivity contribution >= 4 is 23.4 Å². The van der Waals surface area contributed by atoms with Crippen LogP contribution in [0.15, 0.2) is 60.1 Å². The molecule has 2 bridgehead atoms. The molecule has 4 aliphatic rings. The zero-order valence-corrected chi connectivity index (χ0v) is 25.8. The molecule has 0 saturated heterocycles. The summed E-state index contributed by atoms with van der Waals surface area (Å²) in [6.45, 7) is 9.90. The summed E-state index contributed by atoms with van der Waals surface area (Å²) in [6, 6.07) is 8.98. The Kier molecular flexibility index (Phi) is 8.86. The monoisotopic (exact) mass is 554 g/mol. The van der Waals surface area contributed by atoms with Crippen molar-refractivity contribution in [3.05, 3.63) is 66.3 Å². The number of aliphatic imine (C=N–C) groups is 1. The van der Waals surface area contributed by atoms with Gasteiger partial charge in [-0.15, -0.1) is 0 Å². The van der Waals surface area contributed by atoms with E-state index >= 15 is 0 Å². The molecule has 0 atom stereocenters. The summed E-state index contributed by atoms with van der Waals surface area (Å²) in [5.74, 6) is 2.56. The average Bonchev–Trinajstić information content (AvgIpc) is 3.01. The SMILES string of the molecule is C=C(C1CCCCC1)N(CC12CCC(c3ccc(N(C)C)nc3)(CC1)CC2)c1cc(/C(C=NC(C)C)=C/N)ccn1. The van der Waals surface area contributed by atoms with E-state index < -0.39 is 0 Å². The molecule has 2 heterocycles. The molecular formula is C35H50N6. The second kappa shape index (κ2) is 12.4. The molecule has 4 aliphatic carbocycles. The lowest BCUT2D eigenvalue weighted by atomic mass is 9.52. The normalized spacial score (nSPS) is 25.1. The molecule has 220 valence electrons. The predicted molar refractivity (Wildman–Crippen MR) is 173 cm³/mol. The fourth-order valence-corrected chi connectivity index (χ4v) is 7.41. The van der Waals surface area contributed by atoms with Crippen LogP contribution >= 0.6 is 0 Å². The average molecular weight is 555 g/mol. The minimum Gasteiger partial charge on any atom is -0.404 e. The second-order valence-electron chi connectivity index (χ2n) is 13.4. The summed E-state index contributed by atoms with van der Waals surface area (Å²) < 4.78 is 0. The first-order chi connectivity index (χ1) is 19.7. The van der Waals surface area contributed by atoms with Gasteiger partial charge in [0.25, 0.3) is 0 Å². The van der Waals surface area contributed by atoms with Crippen molar-refractivity contribution in [3.8, 4) is 0 Å². The highest BCUT2D eigenvalue weighted by Gasteiger charge is 2.50. The Bertz CT molecular complexity index is 1230. The zero-order chi connectivity index (χ0) is 29.0. The lowest BCUT2D eigenvalue weighted by molar-refractivity contribution is 0.0458. The summed E-state index contributed by atoms with van der Waals surface area (Å²) in [5, 5.41) is 0. The van der Waals surface area contributed by atoms with Crippen LogP contribution in [-0.2, 0) is 5.41 Å². The number of nitrogens with zero attached hydrogens (tertiary/aromatic N) is 5. The molecule has 41 heavy (non-hydrogen) atoms. The molecule has 0 aliphatic heterocycles. The van der Waals surface area contributed by atoms with Gasteiger partial charge in [0.05, 0.1) is 0 Å². The van der Waals surface area contributed by atoms with Crippen LogP contribution in [0.5, 0.6) is 0 Å². The number of hydrogen-bond donors (Lipinski definition) is 1. The molecule has 0 spiro atoms. The number of hydrogen-bond acceptors (Lipinski definition) is 6. The summed E-state index contributed by atoms with van der Waals surface area (Å²) in [7, 11) is 4.11. The van der Waals surface area contributed by atoms with Crippen LogP contribution in [0, 0.1) is 11.3 Å². The van der Waals surface area contributed by atoms with E-state index in [1.807, 2.05) is 18.5 Å². The van der Waals surface area contributed by atoms with Crippen molar-refractivity contribution in [2.75, 3.05) is 30.4 Å². The van der Waals surface area contributed by atoms with Gasteiger partial charge in [0.15, 0.2) is 0 Å². The van der Waals surface area contributed by atoms with E-state index in [1.54, 1.807) is 6.20 Å². The third-order valence-corrected chi connectivity index (χ3v) is 10.2. The van der Waals surface area contributed by atoms with Crippen LogP contribution in [0.3, 0.4) is 0 Å². The van der Waals surface area contributed by atoms with Crippen LogP contribution in [0.1, 0.15) is 95.6 Å². The van der Waals surface area contributed by atoms with Gasteiger partial charge in [-0.05, 0) is 111 Å². The third kappa shape index (κ3) is 6.37. The Balaban J connectivity index is 1.39. The molecule has 4 saturated carbocycles. The van der Waals surface area contributed by atoms with Gasteiger partial charge in [0.1, 0.15) is 11.6 Å². The minimum absolute atomic E-state index is 0.222. The molecule has 0 aromatic carbocycles. The summed E-state index contributed by atoms with van der Waals surface area (Å²) in [4.78, 5) is 18.9. The number of anilines is 2. The van der Waals surface area contributed by atoms with E-state index in [2.05, 4.69) is 67.1 Å². The van der Waals surface area contributed by atoms with Crippen molar-refractivity contribution in [1.82, 2.24) is 9.97 Å². The van der Waals surface area contributed by atoms with Gasteiger partial charge in [0.2, 0.25) is 0 Å². The second-order valence-corrected chi connectivity index (χ2v) is 13.4. The van der Waals surface area contributed by atoms with Crippen molar-refractivity contribution in [2.45, 2.75) is 95.9 Å². The predicted octanol–water partition coefficient (Wildman–Crippen LogP) is 7.51. The zero-order valence-electron chi connectivity index (χ0n) is 25.8. The first-order valence-electron chi connectivity index (χ1n) is 15.8. The van der Waals surface area contributed by atoms with E-state index in [1.165, 1.54) is 81.9 Å². The fourth-order valence-electron chi connectivity index (χ4n) is 7.41. The highest BCUT2D eigenvalue weighted by atomic mass is 15.2. The number of aromatic nitrogens is 2. The maximum atomic E-state index is 6.06. The first kappa shape index (κ1) is 29.3. The van der Waals surface area contributed by atoms with Crippen molar-refractivity contribution in [1.29, 1.82) is 0 Å². The summed E-state index contributed by atoms with van der Waals surface area (Å²) in [6.07, 6.45) is 21.4. The Hall–Kier alpha value is -3.15. The van der Waals surface area contributed by atoms with Crippen LogP contribution in [-0.4, -0.2) is 42.9 Å². The van der Waals surface area contributed by atoms with Crippen molar-refractivity contribution < 1.29 is 0 Å². The number of nitrogens with two attached hydrogens (primary N) is 1. The molecule has 6 heteroatoms. The highest BCUT2D eigenvalue weighted by Crippen LogP contribution is 2.58. The highest BCUT2D eigenvalue weighted by molar-refractivity contribution is 6.09. The van der Waals surface area contributed by atoms with E-state index in [4.69, 9.17) is 22.3 Å². The smallest absolute Gasteiger partial charge is 0.133 e. The molecule has 2 aromatic rings. The van der Waals surface area contributed by atoms with Gasteiger partial charge < -0.3 is 15.5 Å². The van der Waals surface area contributed by atoms with Crippen LogP contribution in [0.4, 0.5) is 11.6 Å². The van der Waals surface area contributed by atoms with Gasteiger partial charge in [-0.1, -0.05) is 31.9 Å². The molecule has 0 amide bonds. The maximum Gasteiger partial charge on any atom is 0.133 e. The van der Waals surface area contributed by atoms with Gasteiger partial charge in [-0.3, -0.25) is 4.99 Å². The van der Waals surface area contributed by atoms with Gasteiger partial charge in [-0.25, -0.2) is 9.97 Å². The largest absolute Gasteiger partial charge is 0.404 e. The lowest BCUT2D eigenvalue weighted by Crippen LogP contribution is -2.49. The summed E-state index contributed by atoms with van der Waals surface area (Å²) in [5.41, 5.74) is 11.3. The third-order valence-electron chi connectivity index (χ3n) is 10.2. The number of pyridine rings is 2. The Labute approximate surface area is 247 Å². The standard InChI is InChI=1S/C35H50N6/c1-26(2)38-23-30(22-36)29-13-20-37-33(21-29)41(27(3)28-9-7-6-8-10-28)25-34-14-17-35(18-15-34,19-16-34)31-11-12-32(39-24-31)40(4)5/h11-13,20-24,26,28H,3,6-10,14-19,25,36H2,1-2,4-5H3/b30-22+,38-23?. The molecular weight excluding hydrogens is 504 g/mol. The molecule has 0 unspecified atom stereocenters. The van der Waals surface area contributed by atoms with E-state index in [0.29, 0.717) is 11.3 Å². The number of rotatable bonds is 10. The van der Waals surface area contributed by atoms with E-state index in [-0.39, 0.29) is 11.5 Å². The first-order valence-corrected chi connectivity index (χ1v) is 15.8. The van der Waals surface area contributed by atoms with Crippen molar-refractivity contribution in [2.24, 2.45) is 22.1 Å². The Morgan fingerprint density at radius 3 is 2.32 bits per heavy atom. The molecule has 6 nitrogen and oxygen atoms in total. The summed E-state index contributed by atoms with van der Waals surface area (Å²) >= 11 is 0. The van der Waals surface area contributed by atoms with Crippen LogP contribution < -0.4 is 15.5 Å². The molecule has 2 aromatic heterocycles. The van der Waals surface area contributed by atoms with Gasteiger partial charge in [-0.2, -0.15) is 0 Å². The lowest BCUT2D eigenvalue weighted by Gasteiger charge is -2.55. The van der Waals surface area contributed by atoms with Gasteiger partial charge in [0, 0.05) is 62.8 Å². The topological polar surface area (TPSA) is 70.6 Å².